The van der Waals surface area contributed by atoms with Crippen molar-refractivity contribution in [1.82, 2.24) is 5.32 Å². The SMILES string of the molecule is CC(F)c1c(F)cccc1CC1CCNC1. The van der Waals surface area contributed by atoms with Crippen molar-refractivity contribution < 1.29 is 8.78 Å². The van der Waals surface area contributed by atoms with Crippen LogP contribution in [-0.4, -0.2) is 13.1 Å². The minimum Gasteiger partial charge on any atom is -0.316 e. The highest BCUT2D eigenvalue weighted by atomic mass is 19.1. The highest BCUT2D eigenvalue weighted by Gasteiger charge is 2.20. The van der Waals surface area contributed by atoms with Gasteiger partial charge in [0.15, 0.2) is 0 Å². The Labute approximate surface area is 94.9 Å². The molecule has 2 unspecified atom stereocenters. The average Bonchev–Trinajstić information content (AvgIpc) is 2.70. The Morgan fingerprint density at radius 2 is 2.31 bits per heavy atom. The van der Waals surface area contributed by atoms with Crippen LogP contribution in [0.25, 0.3) is 0 Å². The summed E-state index contributed by atoms with van der Waals surface area (Å²) in [6.45, 7) is 3.37. The van der Waals surface area contributed by atoms with E-state index < -0.39 is 12.0 Å². The third-order valence-electron chi connectivity index (χ3n) is 3.21. The maximum Gasteiger partial charge on any atom is 0.129 e. The van der Waals surface area contributed by atoms with Crippen LogP contribution >= 0.6 is 0 Å². The lowest BCUT2D eigenvalue weighted by atomic mass is 9.93. The summed E-state index contributed by atoms with van der Waals surface area (Å²) in [5.41, 5.74) is 1.07. The Balaban J connectivity index is 2.21. The summed E-state index contributed by atoms with van der Waals surface area (Å²) in [7, 11) is 0. The lowest BCUT2D eigenvalue weighted by Gasteiger charge is -2.14. The largest absolute Gasteiger partial charge is 0.316 e. The zero-order valence-corrected chi connectivity index (χ0v) is 9.47. The molecule has 16 heavy (non-hydrogen) atoms. The molecule has 0 spiro atoms. The first kappa shape index (κ1) is 11.5. The summed E-state index contributed by atoms with van der Waals surface area (Å²) in [6.07, 6.45) is 0.635. The molecule has 0 bridgehead atoms. The van der Waals surface area contributed by atoms with Crippen LogP contribution in [0.3, 0.4) is 0 Å². The van der Waals surface area contributed by atoms with Crippen LogP contribution in [-0.2, 0) is 6.42 Å². The standard InChI is InChI=1S/C13H17F2N/c1-9(14)13-11(3-2-4-12(13)15)7-10-5-6-16-8-10/h2-4,9-10,16H,5-8H2,1H3. The summed E-state index contributed by atoms with van der Waals surface area (Å²) < 4.78 is 26.9. The van der Waals surface area contributed by atoms with Crippen LogP contribution in [0.5, 0.6) is 0 Å². The third kappa shape index (κ3) is 2.40. The van der Waals surface area contributed by atoms with Crippen LogP contribution in [0, 0.1) is 11.7 Å². The van der Waals surface area contributed by atoms with E-state index in [1.54, 1.807) is 6.07 Å². The molecule has 1 fully saturated rings. The molecule has 1 aliphatic rings. The molecular formula is C13H17F2N. The first-order valence-electron chi connectivity index (χ1n) is 5.80. The fourth-order valence-corrected chi connectivity index (χ4v) is 2.40. The van der Waals surface area contributed by atoms with Gasteiger partial charge in [-0.25, -0.2) is 8.78 Å². The lowest BCUT2D eigenvalue weighted by molar-refractivity contribution is 0.357. The van der Waals surface area contributed by atoms with E-state index in [0.29, 0.717) is 5.92 Å². The number of alkyl halides is 1. The first-order chi connectivity index (χ1) is 7.68. The average molecular weight is 225 g/mol. The molecule has 0 aromatic heterocycles. The maximum atomic E-state index is 13.5. The molecule has 0 aliphatic carbocycles. The number of rotatable bonds is 3. The van der Waals surface area contributed by atoms with Crippen molar-refractivity contribution in [2.75, 3.05) is 13.1 Å². The Kier molecular flexibility index (Phi) is 3.54. The van der Waals surface area contributed by atoms with Crippen LogP contribution in [0.1, 0.15) is 30.6 Å². The monoisotopic (exact) mass is 225 g/mol. The topological polar surface area (TPSA) is 12.0 Å². The van der Waals surface area contributed by atoms with Gasteiger partial charge < -0.3 is 5.32 Å². The van der Waals surface area contributed by atoms with Gasteiger partial charge in [-0.15, -0.1) is 0 Å². The fraction of sp³-hybridized carbons (Fsp3) is 0.538. The molecule has 1 nitrogen and oxygen atoms in total. The zero-order valence-electron chi connectivity index (χ0n) is 9.47. The number of hydrogen-bond donors (Lipinski definition) is 1. The Hall–Kier alpha value is -0.960. The summed E-state index contributed by atoms with van der Waals surface area (Å²) >= 11 is 0. The van der Waals surface area contributed by atoms with E-state index in [0.717, 1.165) is 31.5 Å². The molecular weight excluding hydrogens is 208 g/mol. The minimum absolute atomic E-state index is 0.245. The second-order valence-corrected chi connectivity index (χ2v) is 4.49. The van der Waals surface area contributed by atoms with E-state index >= 15 is 0 Å². The predicted octanol–water partition coefficient (Wildman–Crippen LogP) is 3.01. The second-order valence-electron chi connectivity index (χ2n) is 4.49. The van der Waals surface area contributed by atoms with E-state index in [4.69, 9.17) is 0 Å². The molecule has 1 aliphatic heterocycles. The molecule has 0 amide bonds. The summed E-state index contributed by atoms with van der Waals surface area (Å²) in [5, 5.41) is 3.27. The van der Waals surface area contributed by atoms with Crippen LogP contribution in [0.2, 0.25) is 0 Å². The highest BCUT2D eigenvalue weighted by molar-refractivity contribution is 5.31. The molecule has 2 atom stereocenters. The molecule has 0 radical (unpaired) electrons. The van der Waals surface area contributed by atoms with Gasteiger partial charge in [0.25, 0.3) is 0 Å². The molecule has 2 rings (SSSR count). The van der Waals surface area contributed by atoms with Crippen molar-refractivity contribution in [3.8, 4) is 0 Å². The van der Waals surface area contributed by atoms with Crippen LogP contribution in [0.15, 0.2) is 18.2 Å². The number of benzene rings is 1. The van der Waals surface area contributed by atoms with Gasteiger partial charge in [0, 0.05) is 5.56 Å². The van der Waals surface area contributed by atoms with Crippen LogP contribution in [0.4, 0.5) is 8.78 Å². The normalized spacial score (nSPS) is 22.3. The summed E-state index contributed by atoms with van der Waals surface area (Å²) in [6, 6.07) is 4.84. The van der Waals surface area contributed by atoms with Gasteiger partial charge in [0.1, 0.15) is 12.0 Å². The van der Waals surface area contributed by atoms with Crippen molar-refractivity contribution in [3.63, 3.8) is 0 Å². The first-order valence-corrected chi connectivity index (χ1v) is 5.80. The van der Waals surface area contributed by atoms with Crippen molar-refractivity contribution in [2.45, 2.75) is 25.9 Å². The third-order valence-corrected chi connectivity index (χ3v) is 3.21. The highest BCUT2D eigenvalue weighted by Crippen LogP contribution is 2.27. The van der Waals surface area contributed by atoms with Crippen molar-refractivity contribution in [1.29, 1.82) is 0 Å². The Morgan fingerprint density at radius 1 is 1.50 bits per heavy atom. The van der Waals surface area contributed by atoms with Gasteiger partial charge in [-0.1, -0.05) is 12.1 Å². The molecule has 1 saturated heterocycles. The summed E-state index contributed by atoms with van der Waals surface area (Å²) in [4.78, 5) is 0. The predicted molar refractivity (Wildman–Crippen MR) is 60.6 cm³/mol. The smallest absolute Gasteiger partial charge is 0.129 e. The second kappa shape index (κ2) is 4.91. The summed E-state index contributed by atoms with van der Waals surface area (Å²) in [5.74, 6) is 0.0951. The maximum absolute atomic E-state index is 13.5. The van der Waals surface area contributed by atoms with Crippen LogP contribution < -0.4 is 5.32 Å². The molecule has 88 valence electrons. The van der Waals surface area contributed by atoms with E-state index in [1.807, 2.05) is 6.07 Å². The Bertz CT molecular complexity index is 357. The lowest BCUT2D eigenvalue weighted by Crippen LogP contribution is -2.12. The Morgan fingerprint density at radius 3 is 2.94 bits per heavy atom. The number of nitrogens with one attached hydrogen (secondary N) is 1. The molecule has 3 heteroatoms. The quantitative estimate of drug-likeness (QED) is 0.833. The van der Waals surface area contributed by atoms with E-state index in [-0.39, 0.29) is 5.56 Å². The molecule has 1 aromatic rings. The van der Waals surface area contributed by atoms with Gasteiger partial charge in [0.05, 0.1) is 0 Å². The number of halogens is 2. The molecule has 1 N–H and O–H groups in total. The van der Waals surface area contributed by atoms with Crippen molar-refractivity contribution >= 4 is 0 Å². The molecule has 1 aromatic carbocycles. The van der Waals surface area contributed by atoms with Gasteiger partial charge in [-0.2, -0.15) is 0 Å². The van der Waals surface area contributed by atoms with Crippen molar-refractivity contribution in [2.24, 2.45) is 5.92 Å². The van der Waals surface area contributed by atoms with Gasteiger partial charge >= 0.3 is 0 Å². The van der Waals surface area contributed by atoms with Crippen molar-refractivity contribution in [3.05, 3.63) is 35.1 Å². The van der Waals surface area contributed by atoms with E-state index in [9.17, 15) is 8.78 Å². The van der Waals surface area contributed by atoms with Gasteiger partial charge in [-0.05, 0) is 50.4 Å². The molecule has 0 saturated carbocycles. The molecule has 1 heterocycles. The van der Waals surface area contributed by atoms with E-state index in [1.165, 1.54) is 13.0 Å². The zero-order chi connectivity index (χ0) is 11.5. The minimum atomic E-state index is -1.23. The van der Waals surface area contributed by atoms with E-state index in [2.05, 4.69) is 5.32 Å². The van der Waals surface area contributed by atoms with Gasteiger partial charge in [0.2, 0.25) is 0 Å². The van der Waals surface area contributed by atoms with Gasteiger partial charge in [-0.3, -0.25) is 0 Å². The fourth-order valence-electron chi connectivity index (χ4n) is 2.40. The number of hydrogen-bond acceptors (Lipinski definition) is 1.